The van der Waals surface area contributed by atoms with Crippen molar-refractivity contribution in [3.63, 3.8) is 0 Å². The van der Waals surface area contributed by atoms with E-state index in [1.54, 1.807) is 36.4 Å². The summed E-state index contributed by atoms with van der Waals surface area (Å²) < 4.78 is 11.8. The van der Waals surface area contributed by atoms with Crippen molar-refractivity contribution in [2.45, 2.75) is 20.5 Å². The fourth-order valence-corrected chi connectivity index (χ4v) is 3.82. The first-order valence-electron chi connectivity index (χ1n) is 11.7. The van der Waals surface area contributed by atoms with Gasteiger partial charge in [-0.1, -0.05) is 60.1 Å². The Morgan fingerprint density at radius 2 is 1.73 bits per heavy atom. The first-order valence-corrected chi connectivity index (χ1v) is 12.1. The highest BCUT2D eigenvalue weighted by atomic mass is 35.5. The monoisotopic (exact) mass is 515 g/mol. The molecule has 0 atom stereocenters. The second-order valence-corrected chi connectivity index (χ2v) is 8.59. The van der Waals surface area contributed by atoms with E-state index in [0.717, 1.165) is 21.9 Å². The Morgan fingerprint density at radius 1 is 0.919 bits per heavy atom. The number of ether oxygens (including phenoxy) is 2. The smallest absolute Gasteiger partial charge is 0.329 e. The highest BCUT2D eigenvalue weighted by Crippen LogP contribution is 2.30. The van der Waals surface area contributed by atoms with Crippen molar-refractivity contribution in [1.29, 1.82) is 0 Å². The van der Waals surface area contributed by atoms with Gasteiger partial charge >= 0.3 is 11.8 Å². The number of hydrazone groups is 1. The van der Waals surface area contributed by atoms with E-state index in [0.29, 0.717) is 41.0 Å². The van der Waals surface area contributed by atoms with Gasteiger partial charge in [0.05, 0.1) is 12.8 Å². The zero-order valence-corrected chi connectivity index (χ0v) is 21.2. The molecule has 0 aliphatic rings. The van der Waals surface area contributed by atoms with Crippen LogP contribution < -0.4 is 20.2 Å². The number of carbonyl (C=O) groups excluding carboxylic acids is 2. The molecule has 0 saturated carbocycles. The number of aryl methyl sites for hydroxylation is 1. The normalized spacial score (nSPS) is 10.9. The van der Waals surface area contributed by atoms with Crippen molar-refractivity contribution >= 4 is 46.1 Å². The Hall–Kier alpha value is -4.36. The van der Waals surface area contributed by atoms with Crippen LogP contribution in [-0.4, -0.2) is 24.6 Å². The third kappa shape index (κ3) is 6.65. The van der Waals surface area contributed by atoms with Crippen molar-refractivity contribution in [2.24, 2.45) is 5.10 Å². The standard InChI is InChI=1S/C29H26ClN3O4/c1-3-36-27-15-20(17-31-33-29(35)28(34)32-23-13-11-19(2)25(30)16-23)12-14-26(27)37-18-22-9-6-8-21-7-4-5-10-24(21)22/h4-17H,3,18H2,1-2H3,(H,32,34)(H,33,35)/b31-17+. The van der Waals surface area contributed by atoms with Crippen molar-refractivity contribution in [3.8, 4) is 11.5 Å². The number of halogens is 1. The second-order valence-electron chi connectivity index (χ2n) is 8.18. The summed E-state index contributed by atoms with van der Waals surface area (Å²) in [6.45, 7) is 4.56. The molecule has 0 spiro atoms. The molecule has 0 unspecified atom stereocenters. The topological polar surface area (TPSA) is 89.0 Å². The van der Waals surface area contributed by atoms with E-state index in [1.807, 2.05) is 38.1 Å². The minimum Gasteiger partial charge on any atom is -0.490 e. The summed E-state index contributed by atoms with van der Waals surface area (Å²) in [6, 6.07) is 24.6. The molecule has 2 N–H and O–H groups in total. The van der Waals surface area contributed by atoms with Crippen LogP contribution in [0.3, 0.4) is 0 Å². The van der Waals surface area contributed by atoms with E-state index < -0.39 is 11.8 Å². The average Bonchev–Trinajstić information content (AvgIpc) is 2.90. The van der Waals surface area contributed by atoms with E-state index in [2.05, 4.69) is 34.0 Å². The van der Waals surface area contributed by atoms with E-state index in [1.165, 1.54) is 6.21 Å². The molecule has 0 bridgehead atoms. The first-order chi connectivity index (χ1) is 17.9. The van der Waals surface area contributed by atoms with Crippen LogP contribution in [0.2, 0.25) is 5.02 Å². The number of hydrogen-bond acceptors (Lipinski definition) is 5. The lowest BCUT2D eigenvalue weighted by Crippen LogP contribution is -2.32. The van der Waals surface area contributed by atoms with Gasteiger partial charge in [-0.15, -0.1) is 0 Å². The molecule has 0 saturated heterocycles. The van der Waals surface area contributed by atoms with Gasteiger partial charge in [-0.25, -0.2) is 5.43 Å². The molecule has 2 amide bonds. The molecule has 4 aromatic rings. The van der Waals surface area contributed by atoms with Crippen LogP contribution in [0.1, 0.15) is 23.6 Å². The van der Waals surface area contributed by atoms with Crippen molar-refractivity contribution in [2.75, 3.05) is 11.9 Å². The van der Waals surface area contributed by atoms with Crippen molar-refractivity contribution in [3.05, 3.63) is 101 Å². The average molecular weight is 516 g/mol. The number of rotatable bonds is 8. The first kappa shape index (κ1) is 25.7. The van der Waals surface area contributed by atoms with Gasteiger partial charge in [-0.2, -0.15) is 5.10 Å². The van der Waals surface area contributed by atoms with Crippen molar-refractivity contribution < 1.29 is 19.1 Å². The lowest BCUT2D eigenvalue weighted by molar-refractivity contribution is -0.136. The van der Waals surface area contributed by atoms with Gasteiger partial charge in [0.2, 0.25) is 0 Å². The number of hydrogen-bond donors (Lipinski definition) is 2. The lowest BCUT2D eigenvalue weighted by atomic mass is 10.1. The number of nitrogens with zero attached hydrogens (tertiary/aromatic N) is 1. The summed E-state index contributed by atoms with van der Waals surface area (Å²) in [7, 11) is 0. The molecule has 0 aromatic heterocycles. The maximum atomic E-state index is 12.1. The summed E-state index contributed by atoms with van der Waals surface area (Å²) in [5.74, 6) is -0.628. The highest BCUT2D eigenvalue weighted by Gasteiger charge is 2.13. The van der Waals surface area contributed by atoms with Crippen molar-refractivity contribution in [1.82, 2.24) is 5.43 Å². The Morgan fingerprint density at radius 3 is 2.54 bits per heavy atom. The van der Waals surface area contributed by atoms with Gasteiger partial charge in [0, 0.05) is 10.7 Å². The number of benzene rings is 4. The van der Waals surface area contributed by atoms with Crippen LogP contribution in [0.25, 0.3) is 10.8 Å². The molecule has 0 aliphatic heterocycles. The Balaban J connectivity index is 1.38. The molecule has 0 heterocycles. The molecular weight excluding hydrogens is 490 g/mol. The lowest BCUT2D eigenvalue weighted by Gasteiger charge is -2.13. The van der Waals surface area contributed by atoms with E-state index in [-0.39, 0.29) is 0 Å². The molecular formula is C29H26ClN3O4. The summed E-state index contributed by atoms with van der Waals surface area (Å²) in [6.07, 6.45) is 1.42. The zero-order valence-electron chi connectivity index (χ0n) is 20.5. The number of nitrogens with one attached hydrogen (secondary N) is 2. The maximum Gasteiger partial charge on any atom is 0.329 e. The van der Waals surface area contributed by atoms with Gasteiger partial charge in [0.1, 0.15) is 6.61 Å². The van der Waals surface area contributed by atoms with Crippen LogP contribution in [0.5, 0.6) is 11.5 Å². The summed E-state index contributed by atoms with van der Waals surface area (Å²) >= 11 is 6.05. The predicted molar refractivity (Wildman–Crippen MR) is 146 cm³/mol. The minimum absolute atomic E-state index is 0.381. The highest BCUT2D eigenvalue weighted by molar-refractivity contribution is 6.39. The SMILES string of the molecule is CCOc1cc(/C=N/NC(=O)C(=O)Nc2ccc(C)c(Cl)c2)ccc1OCc1cccc2ccccc12. The van der Waals surface area contributed by atoms with Gasteiger partial charge in [-0.05, 0) is 71.6 Å². The fraction of sp³-hybridized carbons (Fsp3) is 0.138. The van der Waals surface area contributed by atoms with Crippen LogP contribution in [0.15, 0.2) is 84.0 Å². The molecule has 7 nitrogen and oxygen atoms in total. The number of anilines is 1. The quantitative estimate of drug-likeness (QED) is 0.174. The molecule has 0 aliphatic carbocycles. The molecule has 4 rings (SSSR count). The molecule has 4 aromatic carbocycles. The van der Waals surface area contributed by atoms with E-state index in [4.69, 9.17) is 21.1 Å². The van der Waals surface area contributed by atoms with Gasteiger partial charge in [-0.3, -0.25) is 9.59 Å². The third-order valence-electron chi connectivity index (χ3n) is 5.55. The van der Waals surface area contributed by atoms with Crippen LogP contribution >= 0.6 is 11.6 Å². The van der Waals surface area contributed by atoms with Gasteiger partial charge < -0.3 is 14.8 Å². The minimum atomic E-state index is -0.909. The Kier molecular flexibility index (Phi) is 8.38. The second kappa shape index (κ2) is 12.1. The Labute approximate surface area is 220 Å². The molecule has 8 heteroatoms. The summed E-state index contributed by atoms with van der Waals surface area (Å²) in [5.41, 5.74) is 5.23. The zero-order chi connectivity index (χ0) is 26.2. The molecule has 188 valence electrons. The summed E-state index contributed by atoms with van der Waals surface area (Å²) in [5, 5.41) is 9.15. The number of fused-ring (bicyclic) bond motifs is 1. The molecule has 0 radical (unpaired) electrons. The predicted octanol–water partition coefficient (Wildman–Crippen LogP) is 5.87. The molecule has 0 fully saturated rings. The number of amides is 2. The van der Waals surface area contributed by atoms with Crippen LogP contribution in [0.4, 0.5) is 5.69 Å². The van der Waals surface area contributed by atoms with E-state index >= 15 is 0 Å². The van der Waals surface area contributed by atoms with Gasteiger partial charge in [0.25, 0.3) is 0 Å². The van der Waals surface area contributed by atoms with Crippen LogP contribution in [-0.2, 0) is 16.2 Å². The molecule has 37 heavy (non-hydrogen) atoms. The maximum absolute atomic E-state index is 12.1. The largest absolute Gasteiger partial charge is 0.490 e. The summed E-state index contributed by atoms with van der Waals surface area (Å²) in [4.78, 5) is 24.2. The fourth-order valence-electron chi connectivity index (χ4n) is 3.64. The van der Waals surface area contributed by atoms with Crippen LogP contribution in [0, 0.1) is 6.92 Å². The third-order valence-corrected chi connectivity index (χ3v) is 5.95. The van der Waals surface area contributed by atoms with Gasteiger partial charge in [0.15, 0.2) is 11.5 Å². The Bertz CT molecular complexity index is 1460. The van der Waals surface area contributed by atoms with E-state index in [9.17, 15) is 9.59 Å². The number of carbonyl (C=O) groups is 2.